The first-order valence-electron chi connectivity index (χ1n) is 32.9. The molecule has 9 aromatic carbocycles. The van der Waals surface area contributed by atoms with Crippen molar-refractivity contribution in [3.8, 4) is 80.1 Å². The molecule has 0 radical (unpaired) electrons. The highest BCUT2D eigenvalue weighted by molar-refractivity contribution is 6.32. The predicted molar refractivity (Wildman–Crippen MR) is 378 cm³/mol. The Kier molecular flexibility index (Phi) is 20.0. The zero-order chi connectivity index (χ0) is 75.9. The molecular formula is C77H63Cl2N7O21. The van der Waals surface area contributed by atoms with Gasteiger partial charge in [0.2, 0.25) is 41.2 Å². The van der Waals surface area contributed by atoms with Gasteiger partial charge in [-0.15, -0.1) is 0 Å². The summed E-state index contributed by atoms with van der Waals surface area (Å²) in [5.74, 6) is -15.5. The number of esters is 2. The zero-order valence-electron chi connectivity index (χ0n) is 56.3. The minimum atomic E-state index is -2.28. The zero-order valence-corrected chi connectivity index (χ0v) is 57.9. The van der Waals surface area contributed by atoms with Gasteiger partial charge >= 0.3 is 18.0 Å². The first kappa shape index (κ1) is 72.3. The van der Waals surface area contributed by atoms with Crippen LogP contribution in [0.4, 0.5) is 4.79 Å². The van der Waals surface area contributed by atoms with Crippen molar-refractivity contribution in [2.24, 2.45) is 0 Å². The predicted octanol–water partition coefficient (Wildman–Crippen LogP) is 9.72. The Morgan fingerprint density at radius 2 is 1.11 bits per heavy atom. The molecule has 28 nitrogen and oxygen atoms in total. The Morgan fingerprint density at radius 1 is 0.523 bits per heavy atom. The number of amides is 7. The Morgan fingerprint density at radius 3 is 1.79 bits per heavy atom. The third-order valence-corrected chi connectivity index (χ3v) is 18.0. The highest BCUT2D eigenvalue weighted by Gasteiger charge is 2.43. The van der Waals surface area contributed by atoms with Gasteiger partial charge in [0.1, 0.15) is 94.8 Å². The van der Waals surface area contributed by atoms with E-state index in [9.17, 15) is 45.0 Å². The van der Waals surface area contributed by atoms with Gasteiger partial charge in [0, 0.05) is 35.2 Å². The molecule has 17 bridgehead atoms. The van der Waals surface area contributed by atoms with Crippen LogP contribution in [0.5, 0.6) is 69.0 Å². The van der Waals surface area contributed by atoms with Crippen molar-refractivity contribution in [1.29, 1.82) is 0 Å². The van der Waals surface area contributed by atoms with Gasteiger partial charge in [-0.2, -0.15) is 0 Å². The summed E-state index contributed by atoms with van der Waals surface area (Å²) in [6, 6.07) is 23.9. The number of aliphatic hydroxyl groups excluding tert-OH is 1. The summed E-state index contributed by atoms with van der Waals surface area (Å²) in [4.78, 5) is 136. The van der Waals surface area contributed by atoms with Gasteiger partial charge in [0.25, 0.3) is 0 Å². The number of carbonyl (C=O) groups excluding carboxylic acids is 9. The summed E-state index contributed by atoms with van der Waals surface area (Å²) in [5, 5.41) is 87.9. The molecule has 0 aromatic heterocycles. The molecule has 0 fully saturated rings. The van der Waals surface area contributed by atoms with Crippen molar-refractivity contribution >= 4 is 76.7 Å². The Balaban J connectivity index is 1.02. The molecule has 8 atom stereocenters. The lowest BCUT2D eigenvalue weighted by atomic mass is 9.89. The average Bonchev–Trinajstić information content (AvgIpc) is 0.767. The minimum Gasteiger partial charge on any atom is -0.508 e. The van der Waals surface area contributed by atoms with Crippen LogP contribution >= 0.6 is 23.2 Å². The molecule has 0 saturated heterocycles. The van der Waals surface area contributed by atoms with E-state index >= 15 is 28.8 Å². The normalized spacial score (nSPS) is 19.8. The van der Waals surface area contributed by atoms with E-state index in [1.54, 1.807) is 57.2 Å². The lowest BCUT2D eigenvalue weighted by Gasteiger charge is -2.31. The van der Waals surface area contributed by atoms with Gasteiger partial charge in [0.05, 0.1) is 15.6 Å². The SMILES string of the molecule is CC(C)(C)OC(=O)N[C@@H]1C(=O)N[C@@H]2Cc3ccc(c(Cl)c3)Oc3cc4cc(c3OCc3ccccc3)Oc3ccc(cc3Cl)[C@@H](O)[C@@H]3NC(=O)[C@H](NC(=O)[C@@H]4NC(=O)[C@@H](NC2=O)c2cc(O)cc(c2)Oc2cc1ccc2O)c1ccc(O)c(c1)-c1c(O)cc(O)cc1[C@H](C(=O)OC(=O)c1ccccc1)NC3=O. The Bertz CT molecular complexity index is 5140. The van der Waals surface area contributed by atoms with Crippen LogP contribution in [-0.4, -0.2) is 102 Å². The number of fused-ring (bicyclic) bond motifs is 14. The molecule has 30 heteroatoms. The average molecular weight is 1490 g/mol. The number of halogens is 2. The Labute approximate surface area is 617 Å². The second kappa shape index (κ2) is 29.6. The topological polar surface area (TPSA) is 415 Å². The molecule has 6 aliphatic rings. The smallest absolute Gasteiger partial charge is 0.408 e. The van der Waals surface area contributed by atoms with Gasteiger partial charge in [-0.3, -0.25) is 28.8 Å². The molecule has 0 spiro atoms. The fourth-order valence-corrected chi connectivity index (χ4v) is 12.9. The van der Waals surface area contributed by atoms with Crippen LogP contribution in [0, 0.1) is 0 Å². The molecule has 13 N–H and O–H groups in total. The number of alkyl carbamates (subject to hydrolysis) is 1. The van der Waals surface area contributed by atoms with E-state index < -0.39 is 159 Å². The van der Waals surface area contributed by atoms with Crippen molar-refractivity contribution in [1.82, 2.24) is 37.2 Å². The van der Waals surface area contributed by atoms with E-state index in [1.165, 1.54) is 84.9 Å². The van der Waals surface area contributed by atoms with Crippen LogP contribution in [0.1, 0.15) is 112 Å². The number of rotatable bonds is 6. The van der Waals surface area contributed by atoms with Gasteiger partial charge < -0.3 is 96.3 Å². The first-order chi connectivity index (χ1) is 51.1. The fourth-order valence-electron chi connectivity index (χ4n) is 12.4. The summed E-state index contributed by atoms with van der Waals surface area (Å²) in [7, 11) is 0. The fraction of sp³-hybridized carbons (Fsp3) is 0.182. The highest BCUT2D eigenvalue weighted by atomic mass is 35.5. The molecule has 0 unspecified atom stereocenters. The van der Waals surface area contributed by atoms with Crippen LogP contribution in [0.15, 0.2) is 176 Å². The van der Waals surface area contributed by atoms with E-state index in [-0.39, 0.29) is 95.8 Å². The third kappa shape index (κ3) is 15.7. The monoisotopic (exact) mass is 1490 g/mol. The van der Waals surface area contributed by atoms with E-state index in [0.717, 1.165) is 54.6 Å². The number of aromatic hydroxyl groups is 5. The summed E-state index contributed by atoms with van der Waals surface area (Å²) >= 11 is 14.3. The van der Waals surface area contributed by atoms with Crippen LogP contribution in [-0.2, 0) is 56.1 Å². The number of benzene rings is 9. The van der Waals surface area contributed by atoms with Crippen LogP contribution in [0.25, 0.3) is 11.1 Å². The number of carbonyl (C=O) groups is 9. The molecular weight excluding hydrogens is 1430 g/mol. The molecule has 107 heavy (non-hydrogen) atoms. The maximum absolute atomic E-state index is 16.3. The highest BCUT2D eigenvalue weighted by Crippen LogP contribution is 2.49. The number of phenols is 5. The molecule has 0 saturated carbocycles. The number of phenolic OH excluding ortho intramolecular Hbond substituents is 5. The summed E-state index contributed by atoms with van der Waals surface area (Å²) in [6.07, 6.45) is -3.71. The Hall–Kier alpha value is -13.1. The molecule has 9 aromatic rings. The van der Waals surface area contributed by atoms with Gasteiger partial charge in [0.15, 0.2) is 29.0 Å². The van der Waals surface area contributed by atoms with Crippen molar-refractivity contribution in [3.63, 3.8) is 0 Å². The van der Waals surface area contributed by atoms with E-state index in [2.05, 4.69) is 37.2 Å². The van der Waals surface area contributed by atoms with Crippen molar-refractivity contribution < 1.29 is 102 Å². The number of nitrogens with one attached hydrogen (secondary N) is 7. The quantitative estimate of drug-likeness (QED) is 0.0544. The number of hydrogen-bond acceptors (Lipinski definition) is 21. The maximum atomic E-state index is 16.3. The second-order valence-electron chi connectivity index (χ2n) is 26.2. The summed E-state index contributed by atoms with van der Waals surface area (Å²) in [5.41, 5.74) is -2.93. The standard InChI is InChI=1S/C77H63Cl2N7O21/c1-77(2,3)107-76(101)86-61-39-16-19-52(90)56(28-39)103-45-25-41(24-43(87)31-45)62-71(96)83-63-42-29-57(104-54-20-14-36(22-48(54)78)23-50(68(93)81-62)80-69(61)94)67(102-34-35-10-6-4-7-11-35)58(30-42)105-55-21-17-40(27-49(55)79)66(92)65-73(98)84-64(75(100)106-74(99)37-12-8-5-9-13-37)47-32-44(88)33-53(91)59(47)46-26-38(15-18-51(46)89)60(70(95)85-65)82-72(63)97/h4-22,24-33,50,60-66,87-92H,23,34H2,1-3H3,(H,80,94)(H,81,93)(H,82,97)(H,83,96)(H,84,98)(H,85,95)(H,86,101)/t50-,60-,61+,62+,63-,64-,65+,66-/m1/s1. The van der Waals surface area contributed by atoms with E-state index in [1.807, 2.05) is 0 Å². The van der Waals surface area contributed by atoms with Gasteiger partial charge in [-0.1, -0.05) is 96.0 Å². The van der Waals surface area contributed by atoms with Gasteiger partial charge in [-0.25, -0.2) is 14.4 Å². The molecule has 15 rings (SSSR count). The van der Waals surface area contributed by atoms with Crippen molar-refractivity contribution in [2.45, 2.75) is 87.8 Å². The summed E-state index contributed by atoms with van der Waals surface area (Å²) < 4.78 is 37.0. The molecule has 6 aliphatic heterocycles. The van der Waals surface area contributed by atoms with Crippen LogP contribution < -0.4 is 56.2 Å². The van der Waals surface area contributed by atoms with Crippen LogP contribution in [0.3, 0.4) is 0 Å². The lowest BCUT2D eigenvalue weighted by molar-refractivity contribution is -0.144. The lowest BCUT2D eigenvalue weighted by Crippen LogP contribution is -2.55. The molecule has 7 amide bonds. The number of hydrogen-bond donors (Lipinski definition) is 13. The number of ether oxygens (including phenoxy) is 6. The number of aliphatic hydroxyl groups is 1. The molecule has 0 aliphatic carbocycles. The maximum Gasteiger partial charge on any atom is 0.408 e. The van der Waals surface area contributed by atoms with E-state index in [4.69, 9.17) is 51.6 Å². The minimum absolute atomic E-state index is 0.00777. The first-order valence-corrected chi connectivity index (χ1v) is 33.7. The second-order valence-corrected chi connectivity index (χ2v) is 27.0. The van der Waals surface area contributed by atoms with Crippen LogP contribution in [0.2, 0.25) is 10.0 Å². The van der Waals surface area contributed by atoms with E-state index in [0.29, 0.717) is 5.56 Å². The summed E-state index contributed by atoms with van der Waals surface area (Å²) in [6.45, 7) is 4.53. The largest absolute Gasteiger partial charge is 0.508 e. The molecule has 546 valence electrons. The third-order valence-electron chi connectivity index (χ3n) is 17.5. The van der Waals surface area contributed by atoms with Gasteiger partial charge in [-0.05, 0) is 151 Å². The molecule has 6 heterocycles. The van der Waals surface area contributed by atoms with Crippen molar-refractivity contribution in [3.05, 3.63) is 236 Å². The van der Waals surface area contributed by atoms with Crippen molar-refractivity contribution in [2.75, 3.05) is 0 Å².